The van der Waals surface area contributed by atoms with Crippen molar-refractivity contribution >= 4 is 17.6 Å². The first-order valence-electron chi connectivity index (χ1n) is 3.74. The Morgan fingerprint density at radius 1 is 1.31 bits per heavy atom. The largest absolute Gasteiger partial charge is 0.384 e. The zero-order chi connectivity index (χ0) is 9.42. The van der Waals surface area contributed by atoms with Crippen LogP contribution in [0.1, 0.15) is 11.1 Å². The fourth-order valence-corrected chi connectivity index (χ4v) is 2.54. The van der Waals surface area contributed by atoms with Crippen LogP contribution in [0.2, 0.25) is 0 Å². The average Bonchev–Trinajstić information content (AvgIpc) is 2.67. The highest BCUT2D eigenvalue weighted by molar-refractivity contribution is 7.99. The molecule has 2 rings (SSSR count). The first-order valence-corrected chi connectivity index (χ1v) is 4.73. The van der Waals surface area contributed by atoms with Crippen molar-refractivity contribution in [2.24, 2.45) is 0 Å². The third kappa shape index (κ3) is 0.912. The van der Waals surface area contributed by atoms with Crippen molar-refractivity contribution in [1.82, 2.24) is 4.57 Å². The third-order valence-corrected chi connectivity index (χ3v) is 3.12. The van der Waals surface area contributed by atoms with Crippen molar-refractivity contribution < 1.29 is 0 Å². The lowest BCUT2D eigenvalue weighted by Gasteiger charge is -1.97. The van der Waals surface area contributed by atoms with Crippen LogP contribution in [0.3, 0.4) is 0 Å². The Bertz CT molecular complexity index is 446. The van der Waals surface area contributed by atoms with E-state index in [0.29, 0.717) is 16.9 Å². The Morgan fingerprint density at radius 3 is 2.62 bits per heavy atom. The van der Waals surface area contributed by atoms with Gasteiger partial charge >= 0.3 is 0 Å². The maximum Gasteiger partial charge on any atom is 0.123 e. The highest BCUT2D eigenvalue weighted by Gasteiger charge is 2.24. The number of rotatable bonds is 0. The van der Waals surface area contributed by atoms with Gasteiger partial charge in [0.15, 0.2) is 0 Å². The van der Waals surface area contributed by atoms with E-state index in [1.165, 1.54) is 0 Å². The summed E-state index contributed by atoms with van der Waals surface area (Å²) in [5.74, 6) is 1.36. The van der Waals surface area contributed by atoms with Gasteiger partial charge in [0.25, 0.3) is 0 Å². The van der Waals surface area contributed by atoms with E-state index in [9.17, 15) is 0 Å². The highest BCUT2D eigenvalue weighted by Crippen LogP contribution is 2.36. The highest BCUT2D eigenvalue weighted by atomic mass is 32.2. The summed E-state index contributed by atoms with van der Waals surface area (Å²) in [5, 5.41) is 18.5. The molecule has 5 heteroatoms. The van der Waals surface area contributed by atoms with Crippen LogP contribution in [0.25, 0.3) is 0 Å². The Balaban J connectivity index is 2.76. The number of hydrogen-bond acceptors (Lipinski definition) is 4. The second kappa shape index (κ2) is 2.72. The normalized spacial score (nSPS) is 13.4. The van der Waals surface area contributed by atoms with Crippen LogP contribution in [0.15, 0.2) is 5.03 Å². The molecule has 13 heavy (non-hydrogen) atoms. The van der Waals surface area contributed by atoms with Crippen molar-refractivity contribution in [3.8, 4) is 12.1 Å². The molecular formula is C8H6N4S. The standard InChI is InChI=1S/C8H6N4S/c9-3-5-6(4-10)8-12(7(5)11)1-2-13-8/h1-2,11H2. The van der Waals surface area contributed by atoms with Crippen molar-refractivity contribution in [3.05, 3.63) is 11.1 Å². The van der Waals surface area contributed by atoms with Gasteiger partial charge in [-0.2, -0.15) is 10.5 Å². The Labute approximate surface area is 79.6 Å². The number of fused-ring (bicyclic) bond motifs is 1. The number of nitrogens with zero attached hydrogens (tertiary/aromatic N) is 3. The quantitative estimate of drug-likeness (QED) is 0.659. The van der Waals surface area contributed by atoms with E-state index in [-0.39, 0.29) is 0 Å². The molecule has 0 aliphatic carbocycles. The van der Waals surface area contributed by atoms with E-state index in [2.05, 4.69) is 0 Å². The minimum atomic E-state index is 0.324. The molecule has 0 fully saturated rings. The van der Waals surface area contributed by atoms with E-state index in [0.717, 1.165) is 17.3 Å². The summed E-state index contributed by atoms with van der Waals surface area (Å²) >= 11 is 1.58. The molecule has 1 aromatic rings. The summed E-state index contributed by atoms with van der Waals surface area (Å²) in [6.07, 6.45) is 0. The predicted octanol–water partition coefficient (Wildman–Crippen LogP) is 0.919. The molecule has 1 aliphatic rings. The molecule has 0 saturated heterocycles. The number of nitrogen functional groups attached to an aromatic ring is 1. The molecular weight excluding hydrogens is 184 g/mol. The smallest absolute Gasteiger partial charge is 0.123 e. The molecule has 0 radical (unpaired) electrons. The number of hydrogen-bond donors (Lipinski definition) is 1. The second-order valence-electron chi connectivity index (χ2n) is 2.66. The van der Waals surface area contributed by atoms with Crippen LogP contribution < -0.4 is 5.73 Å². The molecule has 0 spiro atoms. The lowest BCUT2D eigenvalue weighted by atomic mass is 10.2. The van der Waals surface area contributed by atoms with Crippen LogP contribution in [-0.2, 0) is 6.54 Å². The van der Waals surface area contributed by atoms with Crippen LogP contribution in [0.4, 0.5) is 5.82 Å². The molecule has 2 heterocycles. The van der Waals surface area contributed by atoms with Crippen LogP contribution in [-0.4, -0.2) is 10.3 Å². The first-order chi connectivity index (χ1) is 6.29. The Kier molecular flexibility index (Phi) is 1.68. The summed E-state index contributed by atoms with van der Waals surface area (Å²) in [6, 6.07) is 3.99. The summed E-state index contributed by atoms with van der Waals surface area (Å²) in [4.78, 5) is 0. The number of aromatic nitrogens is 1. The molecule has 0 amide bonds. The van der Waals surface area contributed by atoms with Crippen LogP contribution in [0, 0.1) is 22.7 Å². The van der Waals surface area contributed by atoms with Gasteiger partial charge in [0.1, 0.15) is 29.1 Å². The summed E-state index contributed by atoms with van der Waals surface area (Å²) in [5.41, 5.74) is 6.47. The Morgan fingerprint density at radius 2 is 2.00 bits per heavy atom. The fraction of sp³-hybridized carbons (Fsp3) is 0.250. The molecule has 2 N–H and O–H groups in total. The topological polar surface area (TPSA) is 78.5 Å². The van der Waals surface area contributed by atoms with E-state index in [1.54, 1.807) is 11.8 Å². The van der Waals surface area contributed by atoms with Crippen molar-refractivity contribution in [3.63, 3.8) is 0 Å². The molecule has 0 bridgehead atoms. The molecule has 1 aliphatic heterocycles. The van der Waals surface area contributed by atoms with Gasteiger partial charge in [-0.05, 0) is 0 Å². The molecule has 4 nitrogen and oxygen atoms in total. The molecule has 0 atom stereocenters. The predicted molar refractivity (Wildman–Crippen MR) is 49.0 cm³/mol. The molecule has 0 saturated carbocycles. The first kappa shape index (κ1) is 8.03. The van der Waals surface area contributed by atoms with Crippen LogP contribution >= 0.6 is 11.8 Å². The summed E-state index contributed by atoms with van der Waals surface area (Å²) < 4.78 is 1.84. The van der Waals surface area contributed by atoms with Gasteiger partial charge in [-0.3, -0.25) is 0 Å². The monoisotopic (exact) mass is 190 g/mol. The zero-order valence-electron chi connectivity index (χ0n) is 6.74. The number of anilines is 1. The van der Waals surface area contributed by atoms with Gasteiger partial charge in [0, 0.05) is 12.3 Å². The zero-order valence-corrected chi connectivity index (χ0v) is 7.56. The van der Waals surface area contributed by atoms with Crippen molar-refractivity contribution in [2.45, 2.75) is 11.6 Å². The van der Waals surface area contributed by atoms with Crippen molar-refractivity contribution in [2.75, 3.05) is 11.5 Å². The van der Waals surface area contributed by atoms with Gasteiger partial charge in [0.05, 0.1) is 5.03 Å². The van der Waals surface area contributed by atoms with Gasteiger partial charge in [-0.25, -0.2) is 0 Å². The summed E-state index contributed by atoms with van der Waals surface area (Å²) in [6.45, 7) is 0.794. The fourth-order valence-electron chi connectivity index (χ4n) is 1.44. The maximum atomic E-state index is 8.84. The molecule has 0 aromatic carbocycles. The van der Waals surface area contributed by atoms with Gasteiger partial charge in [-0.1, -0.05) is 0 Å². The van der Waals surface area contributed by atoms with E-state index >= 15 is 0 Å². The number of nitriles is 2. The minimum Gasteiger partial charge on any atom is -0.384 e. The van der Waals surface area contributed by atoms with Crippen LogP contribution in [0.5, 0.6) is 0 Å². The maximum absolute atomic E-state index is 8.84. The van der Waals surface area contributed by atoms with E-state index < -0.39 is 0 Å². The van der Waals surface area contributed by atoms with E-state index in [4.69, 9.17) is 16.3 Å². The van der Waals surface area contributed by atoms with Gasteiger partial charge in [-0.15, -0.1) is 11.8 Å². The molecule has 1 aromatic heterocycles. The molecule has 64 valence electrons. The number of thioether (sulfide) groups is 1. The SMILES string of the molecule is N#Cc1c(C#N)c2n(c1N)CCS2. The average molecular weight is 190 g/mol. The van der Waals surface area contributed by atoms with Gasteiger partial charge < -0.3 is 10.3 Å². The number of nitrogens with two attached hydrogens (primary N) is 1. The minimum absolute atomic E-state index is 0.324. The lowest BCUT2D eigenvalue weighted by Crippen LogP contribution is -2.00. The van der Waals surface area contributed by atoms with E-state index in [1.807, 2.05) is 16.7 Å². The molecule has 0 unspecified atom stereocenters. The summed E-state index contributed by atoms with van der Waals surface area (Å²) in [7, 11) is 0. The lowest BCUT2D eigenvalue weighted by molar-refractivity contribution is 0.750. The third-order valence-electron chi connectivity index (χ3n) is 2.03. The Hall–Kier alpha value is -1.59. The van der Waals surface area contributed by atoms with Gasteiger partial charge in [0.2, 0.25) is 0 Å². The second-order valence-corrected chi connectivity index (χ2v) is 3.75. The van der Waals surface area contributed by atoms with Crippen molar-refractivity contribution in [1.29, 1.82) is 10.5 Å².